The third-order valence-electron chi connectivity index (χ3n) is 5.40. The molecule has 0 aromatic heterocycles. The van der Waals surface area contributed by atoms with Crippen LogP contribution in [0.3, 0.4) is 0 Å². The Morgan fingerprint density at radius 1 is 1.06 bits per heavy atom. The van der Waals surface area contributed by atoms with Crippen LogP contribution in [0, 0.1) is 11.3 Å². The molecule has 0 saturated heterocycles. The molecule has 2 aliphatic rings. The van der Waals surface area contributed by atoms with Crippen molar-refractivity contribution in [2.45, 2.75) is 83.6 Å². The molecule has 1 nitrogen and oxygen atoms in total. The molecular formula is C15H29N. The summed E-state index contributed by atoms with van der Waals surface area (Å²) in [6.07, 6.45) is 15.5. The molecule has 0 heterocycles. The van der Waals surface area contributed by atoms with Gasteiger partial charge in [0.1, 0.15) is 0 Å². The van der Waals surface area contributed by atoms with Crippen molar-refractivity contribution in [2.24, 2.45) is 17.1 Å². The van der Waals surface area contributed by atoms with Crippen molar-refractivity contribution < 1.29 is 0 Å². The van der Waals surface area contributed by atoms with Gasteiger partial charge in [-0.15, -0.1) is 0 Å². The number of hydrogen-bond acceptors (Lipinski definition) is 1. The minimum absolute atomic E-state index is 0.489. The largest absolute Gasteiger partial charge is 0.327 e. The summed E-state index contributed by atoms with van der Waals surface area (Å²) < 4.78 is 0. The Balaban J connectivity index is 1.87. The topological polar surface area (TPSA) is 26.0 Å². The van der Waals surface area contributed by atoms with Gasteiger partial charge in [-0.05, 0) is 37.0 Å². The van der Waals surface area contributed by atoms with Crippen LogP contribution in [0.4, 0.5) is 0 Å². The molecule has 0 aromatic carbocycles. The molecule has 2 fully saturated rings. The summed E-state index contributed by atoms with van der Waals surface area (Å²) >= 11 is 0. The van der Waals surface area contributed by atoms with E-state index < -0.39 is 0 Å². The van der Waals surface area contributed by atoms with E-state index in [2.05, 4.69) is 6.92 Å². The fourth-order valence-electron chi connectivity index (χ4n) is 4.10. The Kier molecular flexibility index (Phi) is 4.29. The molecule has 0 aliphatic heterocycles. The number of rotatable bonds is 4. The highest BCUT2D eigenvalue weighted by Gasteiger charge is 2.38. The van der Waals surface area contributed by atoms with Gasteiger partial charge in [0, 0.05) is 6.04 Å². The van der Waals surface area contributed by atoms with Gasteiger partial charge in [-0.3, -0.25) is 0 Å². The highest BCUT2D eigenvalue weighted by atomic mass is 14.7. The summed E-state index contributed by atoms with van der Waals surface area (Å²) in [4.78, 5) is 0. The summed E-state index contributed by atoms with van der Waals surface area (Å²) in [5.41, 5.74) is 7.08. The third kappa shape index (κ3) is 2.61. The predicted molar refractivity (Wildman–Crippen MR) is 70.4 cm³/mol. The highest BCUT2D eigenvalue weighted by molar-refractivity contribution is 4.93. The Morgan fingerprint density at radius 3 is 2.25 bits per heavy atom. The molecule has 2 saturated carbocycles. The Morgan fingerprint density at radius 2 is 1.69 bits per heavy atom. The zero-order chi connectivity index (χ0) is 11.4. The van der Waals surface area contributed by atoms with Crippen LogP contribution >= 0.6 is 0 Å². The lowest BCUT2D eigenvalue weighted by Gasteiger charge is -2.37. The van der Waals surface area contributed by atoms with Gasteiger partial charge in [0.15, 0.2) is 0 Å². The van der Waals surface area contributed by atoms with Gasteiger partial charge in [0.2, 0.25) is 0 Å². The van der Waals surface area contributed by atoms with Crippen LogP contribution in [0.2, 0.25) is 0 Å². The third-order valence-corrected chi connectivity index (χ3v) is 5.40. The van der Waals surface area contributed by atoms with Gasteiger partial charge in [0.05, 0.1) is 0 Å². The van der Waals surface area contributed by atoms with E-state index in [1.165, 1.54) is 70.6 Å². The molecule has 1 atom stereocenters. The summed E-state index contributed by atoms with van der Waals surface area (Å²) in [5.74, 6) is 0.952. The van der Waals surface area contributed by atoms with Crippen LogP contribution in [0.5, 0.6) is 0 Å². The zero-order valence-corrected chi connectivity index (χ0v) is 11.0. The molecular weight excluding hydrogens is 194 g/mol. The molecule has 1 heteroatoms. The second kappa shape index (κ2) is 5.53. The highest BCUT2D eigenvalue weighted by Crippen LogP contribution is 2.45. The maximum atomic E-state index is 6.56. The van der Waals surface area contributed by atoms with Crippen LogP contribution in [-0.4, -0.2) is 6.04 Å². The second-order valence-corrected chi connectivity index (χ2v) is 6.27. The second-order valence-electron chi connectivity index (χ2n) is 6.27. The van der Waals surface area contributed by atoms with Crippen molar-refractivity contribution in [3.05, 3.63) is 0 Å². The molecule has 0 bridgehead atoms. The average molecular weight is 223 g/mol. The number of hydrogen-bond donors (Lipinski definition) is 1. The molecule has 0 spiro atoms. The van der Waals surface area contributed by atoms with E-state index in [4.69, 9.17) is 5.73 Å². The smallest absolute Gasteiger partial charge is 0.00980 e. The Hall–Kier alpha value is -0.0400. The maximum Gasteiger partial charge on any atom is 0.00980 e. The van der Waals surface area contributed by atoms with Crippen molar-refractivity contribution in [2.75, 3.05) is 0 Å². The van der Waals surface area contributed by atoms with Gasteiger partial charge >= 0.3 is 0 Å². The average Bonchev–Trinajstić information content (AvgIpc) is 2.80. The fraction of sp³-hybridized carbons (Fsp3) is 1.00. The van der Waals surface area contributed by atoms with E-state index in [-0.39, 0.29) is 0 Å². The van der Waals surface area contributed by atoms with Crippen molar-refractivity contribution in [3.63, 3.8) is 0 Å². The van der Waals surface area contributed by atoms with Crippen LogP contribution in [-0.2, 0) is 0 Å². The molecule has 0 radical (unpaired) electrons. The first kappa shape index (κ1) is 12.4. The predicted octanol–water partition coefficient (Wildman–Crippen LogP) is 4.25. The van der Waals surface area contributed by atoms with Crippen molar-refractivity contribution in [1.82, 2.24) is 0 Å². The number of nitrogens with two attached hydrogens (primary N) is 1. The van der Waals surface area contributed by atoms with Crippen LogP contribution in [0.25, 0.3) is 0 Å². The van der Waals surface area contributed by atoms with Crippen molar-refractivity contribution >= 4 is 0 Å². The molecule has 2 N–H and O–H groups in total. The molecule has 94 valence electrons. The maximum absolute atomic E-state index is 6.56. The van der Waals surface area contributed by atoms with E-state index in [0.717, 1.165) is 5.92 Å². The first-order valence-corrected chi connectivity index (χ1v) is 7.52. The Labute approximate surface area is 101 Å². The van der Waals surface area contributed by atoms with E-state index in [9.17, 15) is 0 Å². The van der Waals surface area contributed by atoms with Crippen LogP contribution in [0.15, 0.2) is 0 Å². The molecule has 0 aromatic rings. The molecule has 2 aliphatic carbocycles. The monoisotopic (exact) mass is 223 g/mol. The van der Waals surface area contributed by atoms with Gasteiger partial charge in [-0.2, -0.15) is 0 Å². The van der Waals surface area contributed by atoms with E-state index in [1.807, 2.05) is 0 Å². The summed E-state index contributed by atoms with van der Waals surface area (Å²) in [7, 11) is 0. The Bertz CT molecular complexity index is 199. The molecule has 16 heavy (non-hydrogen) atoms. The standard InChI is InChI=1S/C15H29N/c1-2-15(10-6-7-11-15)14(16)12-13-8-4-3-5-9-13/h13-14H,2-12,16H2,1H3. The van der Waals surface area contributed by atoms with E-state index >= 15 is 0 Å². The molecule has 2 rings (SSSR count). The summed E-state index contributed by atoms with van der Waals surface area (Å²) in [6.45, 7) is 2.35. The lowest BCUT2D eigenvalue weighted by Crippen LogP contribution is -2.41. The van der Waals surface area contributed by atoms with E-state index in [1.54, 1.807) is 0 Å². The van der Waals surface area contributed by atoms with Crippen molar-refractivity contribution in [1.29, 1.82) is 0 Å². The van der Waals surface area contributed by atoms with Gasteiger partial charge < -0.3 is 5.73 Å². The first-order valence-electron chi connectivity index (χ1n) is 7.52. The van der Waals surface area contributed by atoms with Crippen LogP contribution in [0.1, 0.15) is 77.6 Å². The van der Waals surface area contributed by atoms with Crippen LogP contribution < -0.4 is 5.73 Å². The lowest BCUT2D eigenvalue weighted by atomic mass is 9.71. The summed E-state index contributed by atoms with van der Waals surface area (Å²) in [6, 6.07) is 0.489. The quantitative estimate of drug-likeness (QED) is 0.757. The van der Waals surface area contributed by atoms with E-state index in [0.29, 0.717) is 11.5 Å². The van der Waals surface area contributed by atoms with Crippen molar-refractivity contribution in [3.8, 4) is 0 Å². The normalized spacial score (nSPS) is 28.1. The molecule has 0 amide bonds. The lowest BCUT2D eigenvalue weighted by molar-refractivity contribution is 0.177. The minimum Gasteiger partial charge on any atom is -0.327 e. The van der Waals surface area contributed by atoms with Gasteiger partial charge in [0.25, 0.3) is 0 Å². The summed E-state index contributed by atoms with van der Waals surface area (Å²) in [5, 5.41) is 0. The minimum atomic E-state index is 0.489. The fourth-order valence-corrected chi connectivity index (χ4v) is 4.10. The molecule has 1 unspecified atom stereocenters. The van der Waals surface area contributed by atoms with Gasteiger partial charge in [-0.25, -0.2) is 0 Å². The zero-order valence-electron chi connectivity index (χ0n) is 11.0. The first-order chi connectivity index (χ1) is 7.77. The van der Waals surface area contributed by atoms with Gasteiger partial charge in [-0.1, -0.05) is 51.9 Å². The SMILES string of the molecule is CCC1(C(N)CC2CCCCC2)CCCC1.